The summed E-state index contributed by atoms with van der Waals surface area (Å²) in [4.78, 5) is 10.6. The normalized spacial score (nSPS) is 15.1. The van der Waals surface area contributed by atoms with Crippen LogP contribution in [0.2, 0.25) is 0 Å². The molecule has 122 valence electrons. The maximum Gasteiger partial charge on any atom is 0.126 e. The summed E-state index contributed by atoms with van der Waals surface area (Å²) in [6.45, 7) is 2.16. The Hall–Kier alpha value is -1.52. The van der Waals surface area contributed by atoms with Crippen molar-refractivity contribution in [2.24, 2.45) is 0 Å². The van der Waals surface area contributed by atoms with Crippen LogP contribution >= 0.6 is 27.3 Å². The molecule has 0 spiro atoms. The fraction of sp³-hybridized carbons (Fsp3) is 0.300. The van der Waals surface area contributed by atoms with Crippen LogP contribution in [0.5, 0.6) is 0 Å². The Morgan fingerprint density at radius 2 is 1.83 bits per heavy atom. The number of nitrogens with zero attached hydrogens (tertiary/aromatic N) is 2. The van der Waals surface area contributed by atoms with Gasteiger partial charge in [0.1, 0.15) is 5.01 Å². The minimum absolute atomic E-state index is 0.670. The highest BCUT2D eigenvalue weighted by atomic mass is 79.9. The summed E-state index contributed by atoms with van der Waals surface area (Å²) in [5.41, 5.74) is 4.91. The van der Waals surface area contributed by atoms with E-state index in [1.54, 1.807) is 11.3 Å². The number of halogens is 1. The van der Waals surface area contributed by atoms with Crippen LogP contribution in [0.25, 0.3) is 21.8 Å². The van der Waals surface area contributed by atoms with E-state index >= 15 is 0 Å². The van der Waals surface area contributed by atoms with Gasteiger partial charge in [0.05, 0.1) is 5.69 Å². The lowest BCUT2D eigenvalue weighted by Gasteiger charge is -2.13. The van der Waals surface area contributed by atoms with Gasteiger partial charge in [0.15, 0.2) is 0 Å². The van der Waals surface area contributed by atoms with Gasteiger partial charge in [-0.1, -0.05) is 40.9 Å². The van der Waals surface area contributed by atoms with Gasteiger partial charge >= 0.3 is 0 Å². The van der Waals surface area contributed by atoms with E-state index in [4.69, 9.17) is 4.98 Å². The predicted molar refractivity (Wildman–Crippen MR) is 104 cm³/mol. The minimum Gasteiger partial charge on any atom is -0.264 e. The smallest absolute Gasteiger partial charge is 0.126 e. The third-order valence-corrected chi connectivity index (χ3v) is 6.33. The van der Waals surface area contributed by atoms with Crippen molar-refractivity contribution in [1.29, 1.82) is 0 Å². The zero-order valence-electron chi connectivity index (χ0n) is 13.6. The molecule has 0 unspecified atom stereocenters. The Morgan fingerprint density at radius 3 is 2.58 bits per heavy atom. The number of aromatic nitrogens is 2. The van der Waals surface area contributed by atoms with E-state index in [1.807, 2.05) is 12.4 Å². The zero-order chi connectivity index (χ0) is 16.5. The van der Waals surface area contributed by atoms with Crippen molar-refractivity contribution in [2.45, 2.75) is 38.5 Å². The number of aryl methyl sites for hydroxylation is 1. The predicted octanol–water partition coefficient (Wildman–Crippen LogP) is 6.60. The monoisotopic (exact) mass is 398 g/mol. The molecule has 2 aromatic heterocycles. The molecule has 1 fully saturated rings. The number of benzene rings is 1. The Bertz CT molecular complexity index is 848. The van der Waals surface area contributed by atoms with Gasteiger partial charge in [-0.3, -0.25) is 4.98 Å². The first-order valence-corrected chi connectivity index (χ1v) is 10.0. The van der Waals surface area contributed by atoms with Crippen LogP contribution in [-0.2, 0) is 0 Å². The fourth-order valence-corrected chi connectivity index (χ4v) is 4.80. The quantitative estimate of drug-likeness (QED) is 0.496. The number of thiazole rings is 1. The topological polar surface area (TPSA) is 25.8 Å². The van der Waals surface area contributed by atoms with E-state index < -0.39 is 0 Å². The standard InChI is InChI=1S/C20H19BrN2S/c1-13-19(15-6-8-16(21)9-7-15)23-20(24-13)18-12-22-11-10-17(18)14-4-2-3-5-14/h6-12,14H,2-5H2,1H3. The first kappa shape index (κ1) is 16.0. The number of rotatable bonds is 3. The highest BCUT2D eigenvalue weighted by Gasteiger charge is 2.22. The molecule has 0 amide bonds. The Balaban J connectivity index is 1.76. The molecule has 0 radical (unpaired) electrons. The highest BCUT2D eigenvalue weighted by molar-refractivity contribution is 9.10. The van der Waals surface area contributed by atoms with E-state index in [1.165, 1.54) is 47.3 Å². The van der Waals surface area contributed by atoms with Crippen molar-refractivity contribution in [2.75, 3.05) is 0 Å². The maximum absolute atomic E-state index is 4.98. The molecule has 1 saturated carbocycles. The van der Waals surface area contributed by atoms with E-state index in [0.717, 1.165) is 15.2 Å². The third-order valence-electron chi connectivity index (χ3n) is 4.79. The van der Waals surface area contributed by atoms with Crippen LogP contribution in [0.4, 0.5) is 0 Å². The van der Waals surface area contributed by atoms with Gasteiger partial charge in [-0.2, -0.15) is 0 Å². The summed E-state index contributed by atoms with van der Waals surface area (Å²) in [5.74, 6) is 0.670. The molecule has 1 aromatic carbocycles. The molecule has 4 heteroatoms. The summed E-state index contributed by atoms with van der Waals surface area (Å²) in [7, 11) is 0. The molecular weight excluding hydrogens is 380 g/mol. The summed E-state index contributed by atoms with van der Waals surface area (Å²) in [6, 6.07) is 10.6. The second-order valence-corrected chi connectivity index (χ2v) is 8.49. The van der Waals surface area contributed by atoms with Gasteiger partial charge < -0.3 is 0 Å². The van der Waals surface area contributed by atoms with Gasteiger partial charge in [-0.05, 0) is 49.4 Å². The van der Waals surface area contributed by atoms with E-state index in [9.17, 15) is 0 Å². The number of hydrogen-bond acceptors (Lipinski definition) is 3. The summed E-state index contributed by atoms with van der Waals surface area (Å²) in [6.07, 6.45) is 9.19. The first-order chi connectivity index (χ1) is 11.7. The minimum atomic E-state index is 0.670. The van der Waals surface area contributed by atoms with Gasteiger partial charge in [-0.25, -0.2) is 4.98 Å². The second kappa shape index (κ2) is 6.77. The van der Waals surface area contributed by atoms with Crippen molar-refractivity contribution in [1.82, 2.24) is 9.97 Å². The Kier molecular flexibility index (Phi) is 4.51. The largest absolute Gasteiger partial charge is 0.264 e. The molecule has 0 N–H and O–H groups in total. The number of hydrogen-bond donors (Lipinski definition) is 0. The molecular formula is C20H19BrN2S. The molecule has 0 aliphatic heterocycles. The number of pyridine rings is 1. The van der Waals surface area contributed by atoms with Crippen LogP contribution in [0.15, 0.2) is 47.2 Å². The molecule has 3 aromatic rings. The van der Waals surface area contributed by atoms with Crippen LogP contribution in [0.1, 0.15) is 42.0 Å². The molecule has 0 saturated heterocycles. The summed E-state index contributed by atoms with van der Waals surface area (Å²) in [5, 5.41) is 1.10. The SMILES string of the molecule is Cc1sc(-c2cnccc2C2CCCC2)nc1-c1ccc(Br)cc1. The van der Waals surface area contributed by atoms with Gasteiger partial charge in [0.25, 0.3) is 0 Å². The Labute approximate surface area is 155 Å². The van der Waals surface area contributed by atoms with Crippen LogP contribution in [-0.4, -0.2) is 9.97 Å². The zero-order valence-corrected chi connectivity index (χ0v) is 16.0. The summed E-state index contributed by atoms with van der Waals surface area (Å²) >= 11 is 5.28. The van der Waals surface area contributed by atoms with Crippen molar-refractivity contribution in [3.05, 3.63) is 57.6 Å². The van der Waals surface area contributed by atoms with Crippen molar-refractivity contribution in [3.8, 4) is 21.8 Å². The van der Waals surface area contributed by atoms with Crippen molar-refractivity contribution < 1.29 is 0 Å². The van der Waals surface area contributed by atoms with E-state index in [0.29, 0.717) is 5.92 Å². The average molecular weight is 399 g/mol. The lowest BCUT2D eigenvalue weighted by atomic mass is 9.94. The second-order valence-electron chi connectivity index (χ2n) is 6.38. The third kappa shape index (κ3) is 3.05. The maximum atomic E-state index is 4.98. The fourth-order valence-electron chi connectivity index (χ4n) is 3.56. The average Bonchev–Trinajstić information content (AvgIpc) is 3.25. The highest BCUT2D eigenvalue weighted by Crippen LogP contribution is 2.41. The lowest BCUT2D eigenvalue weighted by molar-refractivity contribution is 0.723. The van der Waals surface area contributed by atoms with Crippen molar-refractivity contribution >= 4 is 27.3 Å². The molecule has 2 nitrogen and oxygen atoms in total. The van der Waals surface area contributed by atoms with E-state index in [2.05, 4.69) is 58.2 Å². The van der Waals surface area contributed by atoms with Gasteiger partial charge in [0, 0.05) is 32.9 Å². The first-order valence-electron chi connectivity index (χ1n) is 8.40. The van der Waals surface area contributed by atoms with E-state index in [-0.39, 0.29) is 0 Å². The van der Waals surface area contributed by atoms with Crippen LogP contribution in [0.3, 0.4) is 0 Å². The van der Waals surface area contributed by atoms with Crippen molar-refractivity contribution in [3.63, 3.8) is 0 Å². The van der Waals surface area contributed by atoms with Gasteiger partial charge in [0.2, 0.25) is 0 Å². The Morgan fingerprint density at radius 1 is 1.08 bits per heavy atom. The molecule has 0 atom stereocenters. The summed E-state index contributed by atoms with van der Waals surface area (Å²) < 4.78 is 1.09. The molecule has 1 aliphatic rings. The molecule has 2 heterocycles. The molecule has 4 rings (SSSR count). The van der Waals surface area contributed by atoms with Crippen LogP contribution < -0.4 is 0 Å². The lowest BCUT2D eigenvalue weighted by Crippen LogP contribution is -1.96. The molecule has 24 heavy (non-hydrogen) atoms. The molecule has 0 bridgehead atoms. The van der Waals surface area contributed by atoms with Gasteiger partial charge in [-0.15, -0.1) is 11.3 Å². The molecule has 1 aliphatic carbocycles. The van der Waals surface area contributed by atoms with Crippen LogP contribution in [0, 0.1) is 6.92 Å².